The van der Waals surface area contributed by atoms with E-state index >= 15 is 0 Å². The third kappa shape index (κ3) is 2.46. The zero-order valence-corrected chi connectivity index (χ0v) is 11.6. The van der Waals surface area contributed by atoms with Crippen molar-refractivity contribution >= 4 is 17.4 Å². The quantitative estimate of drug-likeness (QED) is 0.844. The minimum Gasteiger partial charge on any atom is -0.367 e. The first-order valence-corrected chi connectivity index (χ1v) is 7.36. The number of halogens is 1. The summed E-state index contributed by atoms with van der Waals surface area (Å²) in [6.07, 6.45) is 11.0. The molecule has 3 rings (SSSR count). The number of aryl methyl sites for hydroxylation is 1. The third-order valence-electron chi connectivity index (χ3n) is 4.56. The van der Waals surface area contributed by atoms with E-state index in [1.165, 1.54) is 38.5 Å². The van der Waals surface area contributed by atoms with Crippen molar-refractivity contribution in [2.45, 2.75) is 57.9 Å². The summed E-state index contributed by atoms with van der Waals surface area (Å²) in [5.74, 6) is 0.939. The highest BCUT2D eigenvalue weighted by Gasteiger charge is 2.44. The first kappa shape index (κ1) is 12.2. The highest BCUT2D eigenvalue weighted by atomic mass is 35.5. The fourth-order valence-corrected chi connectivity index (χ4v) is 3.15. The van der Waals surface area contributed by atoms with Gasteiger partial charge in [0.15, 0.2) is 0 Å². The molecule has 0 amide bonds. The van der Waals surface area contributed by atoms with Crippen LogP contribution in [0.15, 0.2) is 6.20 Å². The fourth-order valence-electron chi connectivity index (χ4n) is 3.01. The van der Waals surface area contributed by atoms with Gasteiger partial charge in [-0.2, -0.15) is 0 Å². The molecule has 0 aliphatic heterocycles. The van der Waals surface area contributed by atoms with E-state index in [9.17, 15) is 0 Å². The van der Waals surface area contributed by atoms with Gasteiger partial charge in [-0.25, -0.2) is 9.97 Å². The molecule has 1 spiro atoms. The van der Waals surface area contributed by atoms with Crippen LogP contribution in [-0.2, 0) is 6.42 Å². The molecule has 2 aliphatic rings. The summed E-state index contributed by atoms with van der Waals surface area (Å²) in [4.78, 5) is 8.38. The SMILES string of the molecule is CCc1cnc(Cl)nc1NC1CCC2(CC1)CC2. The number of nitrogens with zero attached hydrogens (tertiary/aromatic N) is 2. The molecule has 18 heavy (non-hydrogen) atoms. The largest absolute Gasteiger partial charge is 0.367 e. The van der Waals surface area contributed by atoms with Gasteiger partial charge in [0.2, 0.25) is 5.28 Å². The van der Waals surface area contributed by atoms with Crippen LogP contribution >= 0.6 is 11.6 Å². The molecule has 2 aliphatic carbocycles. The summed E-state index contributed by atoms with van der Waals surface area (Å²) in [5, 5.41) is 3.91. The standard InChI is InChI=1S/C14H20ClN3/c1-2-10-9-16-13(15)18-12(10)17-11-3-5-14(6-4-11)7-8-14/h9,11H,2-8H2,1H3,(H,16,17,18). The lowest BCUT2D eigenvalue weighted by Crippen LogP contribution is -2.27. The Kier molecular flexibility index (Phi) is 3.18. The Hall–Kier alpha value is -0.830. The molecule has 1 aromatic heterocycles. The summed E-state index contributed by atoms with van der Waals surface area (Å²) in [5.41, 5.74) is 1.90. The Bertz CT molecular complexity index is 433. The molecule has 0 bridgehead atoms. The second-order valence-electron chi connectivity index (χ2n) is 5.79. The maximum absolute atomic E-state index is 5.88. The third-order valence-corrected chi connectivity index (χ3v) is 4.74. The van der Waals surface area contributed by atoms with Crippen molar-refractivity contribution in [1.29, 1.82) is 0 Å². The van der Waals surface area contributed by atoms with Crippen molar-refractivity contribution in [3.8, 4) is 0 Å². The van der Waals surface area contributed by atoms with E-state index < -0.39 is 0 Å². The van der Waals surface area contributed by atoms with Crippen LogP contribution in [-0.4, -0.2) is 16.0 Å². The molecule has 2 saturated carbocycles. The Morgan fingerprint density at radius 1 is 1.33 bits per heavy atom. The molecular weight excluding hydrogens is 246 g/mol. The predicted molar refractivity (Wildman–Crippen MR) is 74.0 cm³/mol. The van der Waals surface area contributed by atoms with E-state index in [0.29, 0.717) is 11.3 Å². The Morgan fingerprint density at radius 2 is 2.06 bits per heavy atom. The van der Waals surface area contributed by atoms with Crippen molar-refractivity contribution < 1.29 is 0 Å². The summed E-state index contributed by atoms with van der Waals surface area (Å²) in [7, 11) is 0. The number of hydrogen-bond acceptors (Lipinski definition) is 3. The molecule has 1 aromatic rings. The number of aromatic nitrogens is 2. The summed E-state index contributed by atoms with van der Waals surface area (Å²) in [6.45, 7) is 2.12. The van der Waals surface area contributed by atoms with Crippen LogP contribution in [0.2, 0.25) is 5.28 Å². The molecular formula is C14H20ClN3. The second-order valence-corrected chi connectivity index (χ2v) is 6.12. The van der Waals surface area contributed by atoms with E-state index in [-0.39, 0.29) is 0 Å². The van der Waals surface area contributed by atoms with Crippen molar-refractivity contribution in [1.82, 2.24) is 9.97 Å². The molecule has 0 radical (unpaired) electrons. The maximum Gasteiger partial charge on any atom is 0.224 e. The Labute approximate surface area is 113 Å². The van der Waals surface area contributed by atoms with Gasteiger partial charge < -0.3 is 5.32 Å². The Morgan fingerprint density at radius 3 is 2.67 bits per heavy atom. The fraction of sp³-hybridized carbons (Fsp3) is 0.714. The van der Waals surface area contributed by atoms with Crippen LogP contribution in [0.4, 0.5) is 5.82 Å². The minimum atomic E-state index is 0.337. The molecule has 3 nitrogen and oxygen atoms in total. The van der Waals surface area contributed by atoms with Crippen molar-refractivity contribution in [2.24, 2.45) is 5.41 Å². The topological polar surface area (TPSA) is 37.8 Å². The van der Waals surface area contributed by atoms with Gasteiger partial charge in [0.05, 0.1) is 0 Å². The van der Waals surface area contributed by atoms with Gasteiger partial charge in [-0.05, 0) is 62.0 Å². The molecule has 4 heteroatoms. The van der Waals surface area contributed by atoms with Gasteiger partial charge >= 0.3 is 0 Å². The van der Waals surface area contributed by atoms with Crippen LogP contribution < -0.4 is 5.32 Å². The zero-order chi connectivity index (χ0) is 12.6. The second kappa shape index (κ2) is 4.69. The lowest BCUT2D eigenvalue weighted by atomic mass is 9.83. The lowest BCUT2D eigenvalue weighted by molar-refractivity contribution is 0.317. The molecule has 1 N–H and O–H groups in total. The van der Waals surface area contributed by atoms with Crippen molar-refractivity contribution in [3.63, 3.8) is 0 Å². The maximum atomic E-state index is 5.88. The first-order valence-electron chi connectivity index (χ1n) is 6.99. The van der Waals surface area contributed by atoms with Crippen LogP contribution in [0.1, 0.15) is 51.0 Å². The van der Waals surface area contributed by atoms with Gasteiger partial charge in [0.25, 0.3) is 0 Å². The highest BCUT2D eigenvalue weighted by Crippen LogP contribution is 2.56. The lowest BCUT2D eigenvalue weighted by Gasteiger charge is -2.29. The molecule has 1 heterocycles. The summed E-state index contributed by atoms with van der Waals surface area (Å²) >= 11 is 5.88. The summed E-state index contributed by atoms with van der Waals surface area (Å²) in [6, 6.07) is 0.562. The van der Waals surface area contributed by atoms with E-state index in [1.54, 1.807) is 0 Å². The van der Waals surface area contributed by atoms with E-state index in [0.717, 1.165) is 23.2 Å². The monoisotopic (exact) mass is 265 g/mol. The van der Waals surface area contributed by atoms with Gasteiger partial charge in [0.1, 0.15) is 5.82 Å². The first-order chi connectivity index (χ1) is 8.71. The molecule has 0 atom stereocenters. The molecule has 2 fully saturated rings. The number of anilines is 1. The summed E-state index contributed by atoms with van der Waals surface area (Å²) < 4.78 is 0. The van der Waals surface area contributed by atoms with Gasteiger partial charge in [-0.1, -0.05) is 6.92 Å². The smallest absolute Gasteiger partial charge is 0.224 e. The van der Waals surface area contributed by atoms with Gasteiger partial charge in [-0.3, -0.25) is 0 Å². The minimum absolute atomic E-state index is 0.337. The number of nitrogens with one attached hydrogen (secondary N) is 1. The van der Waals surface area contributed by atoms with Crippen LogP contribution in [0, 0.1) is 5.41 Å². The molecule has 98 valence electrons. The van der Waals surface area contributed by atoms with Crippen molar-refractivity contribution in [3.05, 3.63) is 17.0 Å². The van der Waals surface area contributed by atoms with E-state index in [2.05, 4.69) is 22.2 Å². The Balaban J connectivity index is 1.66. The average molecular weight is 266 g/mol. The number of hydrogen-bond donors (Lipinski definition) is 1. The predicted octanol–water partition coefficient (Wildman–Crippen LogP) is 3.83. The average Bonchev–Trinajstić information content (AvgIpc) is 3.13. The molecule has 0 aromatic carbocycles. The van der Waals surface area contributed by atoms with Gasteiger partial charge in [-0.15, -0.1) is 0 Å². The van der Waals surface area contributed by atoms with E-state index in [4.69, 9.17) is 11.6 Å². The number of rotatable bonds is 3. The highest BCUT2D eigenvalue weighted by molar-refractivity contribution is 6.28. The molecule has 0 unspecified atom stereocenters. The zero-order valence-electron chi connectivity index (χ0n) is 10.9. The van der Waals surface area contributed by atoms with Gasteiger partial charge in [0, 0.05) is 17.8 Å². The molecule has 0 saturated heterocycles. The van der Waals surface area contributed by atoms with Crippen LogP contribution in [0.25, 0.3) is 0 Å². The van der Waals surface area contributed by atoms with Crippen molar-refractivity contribution in [2.75, 3.05) is 5.32 Å². The van der Waals surface area contributed by atoms with Crippen LogP contribution in [0.3, 0.4) is 0 Å². The van der Waals surface area contributed by atoms with Crippen LogP contribution in [0.5, 0.6) is 0 Å². The van der Waals surface area contributed by atoms with E-state index in [1.807, 2.05) is 6.20 Å². The normalized spacial score (nSPS) is 22.1.